The van der Waals surface area contributed by atoms with Crippen LogP contribution < -0.4 is 10.6 Å². The van der Waals surface area contributed by atoms with Crippen LogP contribution in [0.3, 0.4) is 0 Å². The van der Waals surface area contributed by atoms with Gasteiger partial charge in [-0.3, -0.25) is 9.00 Å². The molecule has 4 nitrogen and oxygen atoms in total. The lowest BCUT2D eigenvalue weighted by Crippen LogP contribution is -2.51. The number of amides is 1. The standard InChI is InChI=1S/C15H20N2O2S/c18-15(17-13-5-7-20(19)8-6-13)14-9-11-3-1-2-4-12(11)10-16-14/h1-4,13-14,16H,5-10H2,(H,17,18)/t13?,14-,20?/m1/s1. The molecule has 0 unspecified atom stereocenters. The molecule has 20 heavy (non-hydrogen) atoms. The molecule has 2 N–H and O–H groups in total. The van der Waals surface area contributed by atoms with Gasteiger partial charge in [0.25, 0.3) is 0 Å². The molecular weight excluding hydrogens is 272 g/mol. The number of rotatable bonds is 2. The van der Waals surface area contributed by atoms with Gasteiger partial charge in [-0.15, -0.1) is 0 Å². The quantitative estimate of drug-likeness (QED) is 0.845. The third kappa shape index (κ3) is 3.10. The van der Waals surface area contributed by atoms with Gasteiger partial charge in [-0.05, 0) is 30.4 Å². The molecule has 1 aromatic rings. The predicted molar refractivity (Wildman–Crippen MR) is 79.8 cm³/mol. The van der Waals surface area contributed by atoms with Crippen LogP contribution >= 0.6 is 0 Å². The summed E-state index contributed by atoms with van der Waals surface area (Å²) in [6.07, 6.45) is 2.42. The minimum atomic E-state index is -0.677. The van der Waals surface area contributed by atoms with Gasteiger partial charge in [-0.1, -0.05) is 24.3 Å². The van der Waals surface area contributed by atoms with Gasteiger partial charge in [-0.25, -0.2) is 0 Å². The van der Waals surface area contributed by atoms with Crippen LogP contribution in [-0.2, 0) is 28.6 Å². The minimum Gasteiger partial charge on any atom is -0.352 e. The summed E-state index contributed by atoms with van der Waals surface area (Å²) < 4.78 is 11.3. The van der Waals surface area contributed by atoms with E-state index in [4.69, 9.17) is 0 Å². The number of fused-ring (bicyclic) bond motifs is 1. The molecule has 0 radical (unpaired) electrons. The fourth-order valence-electron chi connectivity index (χ4n) is 2.88. The van der Waals surface area contributed by atoms with Crippen LogP contribution in [0.5, 0.6) is 0 Å². The second-order valence-corrected chi connectivity index (χ2v) is 7.23. The van der Waals surface area contributed by atoms with Crippen molar-refractivity contribution >= 4 is 16.7 Å². The first-order chi connectivity index (χ1) is 9.72. The third-order valence-electron chi connectivity index (χ3n) is 4.13. The fourth-order valence-corrected chi connectivity index (χ4v) is 4.18. The summed E-state index contributed by atoms with van der Waals surface area (Å²) in [6.45, 7) is 0.753. The van der Waals surface area contributed by atoms with E-state index < -0.39 is 10.8 Å². The molecule has 1 fully saturated rings. The lowest BCUT2D eigenvalue weighted by Gasteiger charge is -2.28. The summed E-state index contributed by atoms with van der Waals surface area (Å²) in [5, 5.41) is 6.41. The van der Waals surface area contributed by atoms with Crippen molar-refractivity contribution in [3.63, 3.8) is 0 Å². The molecule has 2 aliphatic heterocycles. The van der Waals surface area contributed by atoms with E-state index in [2.05, 4.69) is 22.8 Å². The van der Waals surface area contributed by atoms with E-state index in [1.165, 1.54) is 11.1 Å². The van der Waals surface area contributed by atoms with Gasteiger partial charge in [-0.2, -0.15) is 0 Å². The zero-order valence-corrected chi connectivity index (χ0v) is 12.2. The molecule has 0 aliphatic carbocycles. The molecule has 0 aromatic heterocycles. The number of hydrogen-bond donors (Lipinski definition) is 2. The lowest BCUT2D eigenvalue weighted by atomic mass is 9.95. The lowest BCUT2D eigenvalue weighted by molar-refractivity contribution is -0.124. The minimum absolute atomic E-state index is 0.0807. The molecule has 3 rings (SSSR count). The first-order valence-corrected chi connectivity index (χ1v) is 8.66. The molecule has 2 heterocycles. The van der Waals surface area contributed by atoms with Gasteiger partial charge >= 0.3 is 0 Å². The summed E-state index contributed by atoms with van der Waals surface area (Å²) in [7, 11) is -0.677. The second-order valence-electron chi connectivity index (χ2n) is 5.54. The van der Waals surface area contributed by atoms with Gasteiger partial charge < -0.3 is 10.6 Å². The summed E-state index contributed by atoms with van der Waals surface area (Å²) in [6, 6.07) is 8.31. The Labute approximate surface area is 121 Å². The normalized spacial score (nSPS) is 29.5. The Morgan fingerprint density at radius 3 is 2.65 bits per heavy atom. The van der Waals surface area contributed by atoms with Crippen LogP contribution in [0, 0.1) is 0 Å². The van der Waals surface area contributed by atoms with Crippen molar-refractivity contribution in [1.29, 1.82) is 0 Å². The summed E-state index contributed by atoms with van der Waals surface area (Å²) in [5.41, 5.74) is 2.54. The van der Waals surface area contributed by atoms with Gasteiger partial charge in [0.05, 0.1) is 6.04 Å². The van der Waals surface area contributed by atoms with E-state index in [0.29, 0.717) is 11.5 Å². The van der Waals surface area contributed by atoms with E-state index in [1.807, 2.05) is 12.1 Å². The summed E-state index contributed by atoms with van der Waals surface area (Å²) >= 11 is 0. The molecular formula is C15H20N2O2S. The molecule has 1 aromatic carbocycles. The molecule has 1 atom stereocenters. The number of carbonyl (C=O) groups excluding carboxylic acids is 1. The molecule has 1 saturated heterocycles. The van der Waals surface area contributed by atoms with Gasteiger partial charge in [0.2, 0.25) is 5.91 Å². The van der Waals surface area contributed by atoms with Crippen LogP contribution in [0.1, 0.15) is 24.0 Å². The predicted octanol–water partition coefficient (Wildman–Crippen LogP) is 0.728. The number of benzene rings is 1. The third-order valence-corrected chi connectivity index (χ3v) is 5.51. The highest BCUT2D eigenvalue weighted by atomic mass is 32.2. The number of hydrogen-bond acceptors (Lipinski definition) is 3. The van der Waals surface area contributed by atoms with Crippen LogP contribution in [0.15, 0.2) is 24.3 Å². The van der Waals surface area contributed by atoms with Gasteiger partial charge in [0.15, 0.2) is 0 Å². The molecule has 0 spiro atoms. The Balaban J connectivity index is 1.57. The number of carbonyl (C=O) groups is 1. The monoisotopic (exact) mass is 292 g/mol. The van der Waals surface area contributed by atoms with E-state index in [0.717, 1.165) is 25.8 Å². The van der Waals surface area contributed by atoms with Crippen molar-refractivity contribution in [2.45, 2.75) is 37.9 Å². The zero-order chi connectivity index (χ0) is 13.9. The highest BCUT2D eigenvalue weighted by Gasteiger charge is 2.26. The molecule has 2 aliphatic rings. The Hall–Kier alpha value is -1.20. The molecule has 0 saturated carbocycles. The largest absolute Gasteiger partial charge is 0.352 e. The molecule has 108 valence electrons. The van der Waals surface area contributed by atoms with Crippen LogP contribution in [-0.4, -0.2) is 33.7 Å². The SMILES string of the molecule is O=C(NC1CCS(=O)CC1)[C@H]1Cc2ccccc2CN1. The topological polar surface area (TPSA) is 58.2 Å². The average molecular weight is 292 g/mol. The van der Waals surface area contributed by atoms with Crippen molar-refractivity contribution in [1.82, 2.24) is 10.6 Å². The highest BCUT2D eigenvalue weighted by Crippen LogP contribution is 2.17. The average Bonchev–Trinajstić information content (AvgIpc) is 2.49. The van der Waals surface area contributed by atoms with E-state index >= 15 is 0 Å². The summed E-state index contributed by atoms with van der Waals surface area (Å²) in [5.74, 6) is 1.51. The van der Waals surface area contributed by atoms with Crippen molar-refractivity contribution in [2.75, 3.05) is 11.5 Å². The fraction of sp³-hybridized carbons (Fsp3) is 0.533. The van der Waals surface area contributed by atoms with Crippen molar-refractivity contribution in [3.05, 3.63) is 35.4 Å². The van der Waals surface area contributed by atoms with E-state index in [1.54, 1.807) is 0 Å². The first kappa shape index (κ1) is 13.8. The maximum absolute atomic E-state index is 12.3. The maximum atomic E-state index is 12.3. The zero-order valence-electron chi connectivity index (χ0n) is 11.4. The van der Waals surface area contributed by atoms with Crippen LogP contribution in [0.4, 0.5) is 0 Å². The van der Waals surface area contributed by atoms with Gasteiger partial charge in [0, 0.05) is 34.9 Å². The second kappa shape index (κ2) is 6.06. The Morgan fingerprint density at radius 1 is 1.20 bits per heavy atom. The Morgan fingerprint density at radius 2 is 1.90 bits per heavy atom. The molecule has 5 heteroatoms. The van der Waals surface area contributed by atoms with Crippen LogP contribution in [0.2, 0.25) is 0 Å². The van der Waals surface area contributed by atoms with E-state index in [-0.39, 0.29) is 18.0 Å². The Bertz CT molecular complexity index is 522. The van der Waals surface area contributed by atoms with Crippen molar-refractivity contribution < 1.29 is 9.00 Å². The van der Waals surface area contributed by atoms with Crippen molar-refractivity contribution in [3.8, 4) is 0 Å². The number of nitrogens with one attached hydrogen (secondary N) is 2. The van der Waals surface area contributed by atoms with Gasteiger partial charge in [0.1, 0.15) is 0 Å². The first-order valence-electron chi connectivity index (χ1n) is 7.18. The van der Waals surface area contributed by atoms with Crippen molar-refractivity contribution in [2.24, 2.45) is 0 Å². The van der Waals surface area contributed by atoms with E-state index in [9.17, 15) is 9.00 Å². The Kier molecular flexibility index (Phi) is 4.17. The summed E-state index contributed by atoms with van der Waals surface area (Å²) in [4.78, 5) is 12.3. The smallest absolute Gasteiger partial charge is 0.237 e. The molecule has 1 amide bonds. The maximum Gasteiger partial charge on any atom is 0.237 e. The molecule has 0 bridgehead atoms. The highest BCUT2D eigenvalue weighted by molar-refractivity contribution is 7.85. The van der Waals surface area contributed by atoms with Crippen LogP contribution in [0.25, 0.3) is 0 Å².